The molecular formula is C18H32N2O2. The highest BCUT2D eigenvalue weighted by molar-refractivity contribution is 5.66. The molecule has 0 aromatic carbocycles. The van der Waals surface area contributed by atoms with Crippen molar-refractivity contribution in [1.29, 1.82) is 0 Å². The van der Waals surface area contributed by atoms with Gasteiger partial charge in [-0.25, -0.2) is 4.98 Å². The number of carboxylic acid groups (broad SMARTS) is 1. The standard InChI is InChI=1S/C18H32N2O2/c21-18(22)13-11-9-7-5-3-1-2-4-6-8-10-12-15-20-16-14-19-17-20/h14,16-17H,1-13,15H2,(H,21,22). The van der Waals surface area contributed by atoms with Crippen LogP contribution in [-0.4, -0.2) is 20.6 Å². The van der Waals surface area contributed by atoms with Crippen molar-refractivity contribution in [3.8, 4) is 0 Å². The molecule has 0 aliphatic heterocycles. The normalized spacial score (nSPS) is 10.9. The summed E-state index contributed by atoms with van der Waals surface area (Å²) in [6.45, 7) is 1.10. The maximum Gasteiger partial charge on any atom is 0.303 e. The second kappa shape index (κ2) is 13.4. The fraction of sp³-hybridized carbons (Fsp3) is 0.778. The molecule has 0 spiro atoms. The number of hydrogen-bond donors (Lipinski definition) is 1. The first kappa shape index (κ1) is 18.7. The van der Waals surface area contributed by atoms with Crippen molar-refractivity contribution in [2.24, 2.45) is 0 Å². The smallest absolute Gasteiger partial charge is 0.303 e. The predicted molar refractivity (Wildman–Crippen MR) is 89.9 cm³/mol. The third kappa shape index (κ3) is 11.4. The van der Waals surface area contributed by atoms with Gasteiger partial charge >= 0.3 is 5.97 Å². The van der Waals surface area contributed by atoms with E-state index >= 15 is 0 Å². The van der Waals surface area contributed by atoms with Crippen LogP contribution < -0.4 is 0 Å². The van der Waals surface area contributed by atoms with Crippen molar-refractivity contribution in [2.45, 2.75) is 90.0 Å². The summed E-state index contributed by atoms with van der Waals surface area (Å²) in [7, 11) is 0. The topological polar surface area (TPSA) is 55.1 Å². The van der Waals surface area contributed by atoms with E-state index in [0.717, 1.165) is 19.4 Å². The summed E-state index contributed by atoms with van der Waals surface area (Å²) >= 11 is 0. The summed E-state index contributed by atoms with van der Waals surface area (Å²) in [5.74, 6) is -0.662. The third-order valence-corrected chi connectivity index (χ3v) is 4.12. The van der Waals surface area contributed by atoms with E-state index in [1.54, 1.807) is 0 Å². The molecule has 0 saturated carbocycles. The Morgan fingerprint density at radius 3 is 1.77 bits per heavy atom. The summed E-state index contributed by atoms with van der Waals surface area (Å²) in [4.78, 5) is 14.4. The lowest BCUT2D eigenvalue weighted by atomic mass is 10.0. The minimum Gasteiger partial charge on any atom is -0.481 e. The van der Waals surface area contributed by atoms with Crippen molar-refractivity contribution in [3.63, 3.8) is 0 Å². The van der Waals surface area contributed by atoms with Gasteiger partial charge < -0.3 is 9.67 Å². The molecule has 1 aromatic heterocycles. The summed E-state index contributed by atoms with van der Waals surface area (Å²) in [5.41, 5.74) is 0. The second-order valence-electron chi connectivity index (χ2n) is 6.19. The first-order valence-corrected chi connectivity index (χ1v) is 8.96. The van der Waals surface area contributed by atoms with E-state index in [1.807, 2.05) is 18.7 Å². The molecule has 1 aromatic rings. The Labute approximate surface area is 135 Å². The number of aryl methyl sites for hydroxylation is 1. The minimum absolute atomic E-state index is 0.334. The zero-order valence-corrected chi connectivity index (χ0v) is 13.9. The molecule has 0 amide bonds. The second-order valence-corrected chi connectivity index (χ2v) is 6.19. The zero-order valence-electron chi connectivity index (χ0n) is 13.9. The highest BCUT2D eigenvalue weighted by Crippen LogP contribution is 2.12. The Morgan fingerprint density at radius 1 is 0.818 bits per heavy atom. The SMILES string of the molecule is O=C(O)CCCCCCCCCCCCCCn1ccnc1. The maximum atomic E-state index is 10.4. The van der Waals surface area contributed by atoms with Gasteiger partial charge in [-0.2, -0.15) is 0 Å². The van der Waals surface area contributed by atoms with Crippen molar-refractivity contribution < 1.29 is 9.90 Å². The van der Waals surface area contributed by atoms with Crippen LogP contribution in [0.15, 0.2) is 18.7 Å². The lowest BCUT2D eigenvalue weighted by Gasteiger charge is -2.03. The summed E-state index contributed by atoms with van der Waals surface area (Å²) in [5, 5.41) is 8.53. The number of unbranched alkanes of at least 4 members (excludes halogenated alkanes) is 11. The number of nitrogens with zero attached hydrogens (tertiary/aromatic N) is 2. The van der Waals surface area contributed by atoms with E-state index in [9.17, 15) is 4.79 Å². The van der Waals surface area contributed by atoms with Crippen molar-refractivity contribution >= 4 is 5.97 Å². The molecule has 22 heavy (non-hydrogen) atoms. The fourth-order valence-electron chi connectivity index (χ4n) is 2.76. The molecular weight excluding hydrogens is 276 g/mol. The van der Waals surface area contributed by atoms with Crippen molar-refractivity contribution in [1.82, 2.24) is 9.55 Å². The summed E-state index contributed by atoms with van der Waals surface area (Å²) in [6.07, 6.45) is 21.1. The molecule has 0 bridgehead atoms. The van der Waals surface area contributed by atoms with E-state index in [1.165, 1.54) is 64.2 Å². The number of aromatic nitrogens is 2. The molecule has 0 aliphatic rings. The Kier molecular flexibility index (Phi) is 11.4. The van der Waals surface area contributed by atoms with Gasteiger partial charge in [0.1, 0.15) is 0 Å². The lowest BCUT2D eigenvalue weighted by Crippen LogP contribution is -1.94. The van der Waals surface area contributed by atoms with Crippen LogP contribution in [0, 0.1) is 0 Å². The molecule has 1 N–H and O–H groups in total. The highest BCUT2D eigenvalue weighted by atomic mass is 16.4. The first-order valence-electron chi connectivity index (χ1n) is 8.96. The quantitative estimate of drug-likeness (QED) is 0.462. The van der Waals surface area contributed by atoms with Crippen LogP contribution in [-0.2, 0) is 11.3 Å². The predicted octanol–water partition coefficient (Wildman–Crippen LogP) is 5.04. The number of hydrogen-bond acceptors (Lipinski definition) is 2. The van der Waals surface area contributed by atoms with Gasteiger partial charge in [0.05, 0.1) is 6.33 Å². The Morgan fingerprint density at radius 2 is 1.32 bits per heavy atom. The highest BCUT2D eigenvalue weighted by Gasteiger charge is 1.97. The molecule has 0 fully saturated rings. The monoisotopic (exact) mass is 308 g/mol. The zero-order chi connectivity index (χ0) is 15.9. The summed E-state index contributed by atoms with van der Waals surface area (Å²) < 4.78 is 2.15. The van der Waals surface area contributed by atoms with Crippen LogP contribution >= 0.6 is 0 Å². The van der Waals surface area contributed by atoms with Crippen molar-refractivity contribution in [2.75, 3.05) is 0 Å². The Bertz CT molecular complexity index is 363. The number of aliphatic carboxylic acids is 1. The van der Waals surface area contributed by atoms with Crippen LogP contribution in [0.3, 0.4) is 0 Å². The number of carboxylic acids is 1. The minimum atomic E-state index is -0.662. The van der Waals surface area contributed by atoms with Gasteiger partial charge in [-0.3, -0.25) is 4.79 Å². The van der Waals surface area contributed by atoms with E-state index in [0.29, 0.717) is 6.42 Å². The lowest BCUT2D eigenvalue weighted by molar-refractivity contribution is -0.137. The molecule has 0 atom stereocenters. The van der Waals surface area contributed by atoms with Crippen LogP contribution in [0.25, 0.3) is 0 Å². The molecule has 0 aliphatic carbocycles. The van der Waals surface area contributed by atoms with Gasteiger partial charge in [0.25, 0.3) is 0 Å². The van der Waals surface area contributed by atoms with Crippen molar-refractivity contribution in [3.05, 3.63) is 18.7 Å². The molecule has 1 heterocycles. The van der Waals surface area contributed by atoms with Gasteiger partial charge in [0, 0.05) is 25.4 Å². The van der Waals surface area contributed by atoms with Gasteiger partial charge in [-0.1, -0.05) is 64.2 Å². The van der Waals surface area contributed by atoms with E-state index in [2.05, 4.69) is 9.55 Å². The van der Waals surface area contributed by atoms with Gasteiger partial charge in [-0.05, 0) is 12.8 Å². The summed E-state index contributed by atoms with van der Waals surface area (Å²) in [6, 6.07) is 0. The molecule has 0 unspecified atom stereocenters. The number of carbonyl (C=O) groups is 1. The molecule has 0 saturated heterocycles. The van der Waals surface area contributed by atoms with Crippen LogP contribution in [0.5, 0.6) is 0 Å². The molecule has 0 radical (unpaired) electrons. The van der Waals surface area contributed by atoms with Gasteiger partial charge in [-0.15, -0.1) is 0 Å². The van der Waals surface area contributed by atoms with E-state index in [-0.39, 0.29) is 0 Å². The molecule has 126 valence electrons. The van der Waals surface area contributed by atoms with E-state index < -0.39 is 5.97 Å². The first-order chi connectivity index (χ1) is 10.8. The maximum absolute atomic E-state index is 10.4. The third-order valence-electron chi connectivity index (χ3n) is 4.12. The largest absolute Gasteiger partial charge is 0.481 e. The molecule has 1 rings (SSSR count). The molecule has 4 heteroatoms. The molecule has 4 nitrogen and oxygen atoms in total. The Hall–Kier alpha value is -1.32. The number of rotatable bonds is 15. The van der Waals surface area contributed by atoms with Crippen LogP contribution in [0.2, 0.25) is 0 Å². The van der Waals surface area contributed by atoms with Gasteiger partial charge in [0.2, 0.25) is 0 Å². The number of imidazole rings is 1. The average molecular weight is 308 g/mol. The van der Waals surface area contributed by atoms with Gasteiger partial charge in [0.15, 0.2) is 0 Å². The average Bonchev–Trinajstić information content (AvgIpc) is 3.00. The fourth-order valence-corrected chi connectivity index (χ4v) is 2.76. The Balaban J connectivity index is 1.70. The van der Waals surface area contributed by atoms with Crippen LogP contribution in [0.1, 0.15) is 83.5 Å². The van der Waals surface area contributed by atoms with Crippen LogP contribution in [0.4, 0.5) is 0 Å². The van der Waals surface area contributed by atoms with E-state index in [4.69, 9.17) is 5.11 Å².